The third kappa shape index (κ3) is 1.66. The van der Waals surface area contributed by atoms with Crippen LogP contribution in [0.1, 0.15) is 12.5 Å². The first-order chi connectivity index (χ1) is 4.61. The van der Waals surface area contributed by atoms with Crippen molar-refractivity contribution in [3.8, 4) is 0 Å². The number of hydrogen-bond acceptors (Lipinski definition) is 0. The van der Waals surface area contributed by atoms with Crippen LogP contribution >= 0.6 is 0 Å². The summed E-state index contributed by atoms with van der Waals surface area (Å²) in [6, 6.07) is 9.62. The molecule has 0 saturated heterocycles. The molecule has 0 nitrogen and oxygen atoms in total. The maximum absolute atomic E-state index is 5.63. The molecule has 1 aromatic rings. The monoisotopic (exact) mass is 126 g/mol. The Hall–Kier alpha value is -0.650. The average Bonchev–Trinajstić information content (AvgIpc) is 1.88. The average molecular weight is 126 g/mol. The highest BCUT2D eigenvalue weighted by molar-refractivity contribution is 6.39. The molecule has 4 radical (unpaired) electrons. The smallest absolute Gasteiger partial charge is 0.0679 e. The van der Waals surface area contributed by atoms with Gasteiger partial charge in [-0.15, -0.1) is 0 Å². The summed E-state index contributed by atoms with van der Waals surface area (Å²) in [7, 11) is 11.3. The van der Waals surface area contributed by atoms with Crippen molar-refractivity contribution in [1.82, 2.24) is 0 Å². The Balaban J connectivity index is 2.97. The van der Waals surface area contributed by atoms with Crippen molar-refractivity contribution in [3.63, 3.8) is 0 Å². The predicted molar refractivity (Wildman–Crippen MR) is 45.3 cm³/mol. The van der Waals surface area contributed by atoms with Gasteiger partial charge in [0, 0.05) is 0 Å². The lowest BCUT2D eigenvalue weighted by Crippen LogP contribution is -2.21. The van der Waals surface area contributed by atoms with E-state index in [1.807, 2.05) is 30.3 Å². The first-order valence-electron chi connectivity index (χ1n) is 3.24. The second-order valence-electron chi connectivity index (χ2n) is 2.65. The Kier molecular flexibility index (Phi) is 1.89. The van der Waals surface area contributed by atoms with E-state index in [0.29, 0.717) is 0 Å². The Labute approximate surface area is 64.5 Å². The van der Waals surface area contributed by atoms with Gasteiger partial charge in [-0.3, -0.25) is 0 Å². The van der Waals surface area contributed by atoms with E-state index in [2.05, 4.69) is 0 Å². The van der Waals surface area contributed by atoms with E-state index >= 15 is 0 Å². The second kappa shape index (κ2) is 2.53. The van der Waals surface area contributed by atoms with Gasteiger partial charge in [0.1, 0.15) is 0 Å². The summed E-state index contributed by atoms with van der Waals surface area (Å²) in [5, 5.41) is -0.707. The van der Waals surface area contributed by atoms with Crippen LogP contribution in [0.5, 0.6) is 0 Å². The molecule has 0 unspecified atom stereocenters. The molecule has 0 amide bonds. The lowest BCUT2D eigenvalue weighted by molar-refractivity contribution is 0.972. The van der Waals surface area contributed by atoms with E-state index in [4.69, 9.17) is 15.7 Å². The minimum Gasteiger partial charge on any atom is -0.0782 e. The summed E-state index contributed by atoms with van der Waals surface area (Å²) in [5.74, 6) is 0. The Morgan fingerprint density at radius 1 is 1.10 bits per heavy atom. The van der Waals surface area contributed by atoms with Crippen molar-refractivity contribution in [2.75, 3.05) is 0 Å². The fraction of sp³-hybridized carbons (Fsp3) is 0.250. The number of benzene rings is 1. The van der Waals surface area contributed by atoms with E-state index in [1.54, 1.807) is 6.92 Å². The molecule has 1 aromatic carbocycles. The molecule has 0 aliphatic rings. The van der Waals surface area contributed by atoms with Gasteiger partial charge in [0.25, 0.3) is 0 Å². The molecule has 0 aliphatic heterocycles. The normalized spacial score (nSPS) is 11.3. The zero-order chi connectivity index (χ0) is 7.61. The fourth-order valence-electron chi connectivity index (χ4n) is 0.797. The molecular formula is C8H8B2. The van der Waals surface area contributed by atoms with Crippen LogP contribution in [-0.2, 0) is 5.21 Å². The van der Waals surface area contributed by atoms with Gasteiger partial charge < -0.3 is 0 Å². The van der Waals surface area contributed by atoms with Gasteiger partial charge in [-0.1, -0.05) is 48.0 Å². The van der Waals surface area contributed by atoms with E-state index in [9.17, 15) is 0 Å². The third-order valence-corrected chi connectivity index (χ3v) is 1.40. The zero-order valence-electron chi connectivity index (χ0n) is 6.04. The van der Waals surface area contributed by atoms with E-state index in [1.165, 1.54) is 0 Å². The highest BCUT2D eigenvalue weighted by Gasteiger charge is 2.10. The number of rotatable bonds is 1. The molecule has 0 fully saturated rings. The molecular weight excluding hydrogens is 118 g/mol. The minimum absolute atomic E-state index is 0.707. The van der Waals surface area contributed by atoms with Crippen LogP contribution in [-0.4, -0.2) is 15.7 Å². The summed E-state index contributed by atoms with van der Waals surface area (Å²) in [6.07, 6.45) is 0. The van der Waals surface area contributed by atoms with Crippen molar-refractivity contribution in [3.05, 3.63) is 35.9 Å². The van der Waals surface area contributed by atoms with Gasteiger partial charge in [0.15, 0.2) is 0 Å². The van der Waals surface area contributed by atoms with Gasteiger partial charge in [-0.05, 0) is 0 Å². The molecule has 0 aromatic heterocycles. The summed E-state index contributed by atoms with van der Waals surface area (Å²) in [5.41, 5.74) is 0.954. The molecule has 46 valence electrons. The highest BCUT2D eigenvalue weighted by Crippen LogP contribution is 2.14. The topological polar surface area (TPSA) is 0 Å². The van der Waals surface area contributed by atoms with E-state index < -0.39 is 5.21 Å². The molecule has 1 rings (SSSR count). The van der Waals surface area contributed by atoms with Gasteiger partial charge >= 0.3 is 0 Å². The Morgan fingerprint density at radius 2 is 1.60 bits per heavy atom. The predicted octanol–water partition coefficient (Wildman–Crippen LogP) is 1.20. The Bertz CT molecular complexity index is 198. The van der Waals surface area contributed by atoms with Crippen LogP contribution in [0.4, 0.5) is 0 Å². The lowest BCUT2D eigenvalue weighted by Gasteiger charge is -2.19. The maximum Gasteiger partial charge on any atom is 0.0679 e. The SMILES string of the molecule is [B]C([B])(C)c1ccccc1. The molecule has 0 saturated carbocycles. The second-order valence-corrected chi connectivity index (χ2v) is 2.65. The van der Waals surface area contributed by atoms with E-state index in [0.717, 1.165) is 5.56 Å². The summed E-state index contributed by atoms with van der Waals surface area (Å²) in [4.78, 5) is 0. The largest absolute Gasteiger partial charge is 0.0782 e. The van der Waals surface area contributed by atoms with Gasteiger partial charge in [-0.25, -0.2) is 0 Å². The highest BCUT2D eigenvalue weighted by atomic mass is 14.0. The van der Waals surface area contributed by atoms with Crippen molar-refractivity contribution in [1.29, 1.82) is 0 Å². The van der Waals surface area contributed by atoms with Crippen LogP contribution < -0.4 is 0 Å². The molecule has 0 N–H and O–H groups in total. The molecule has 0 aliphatic carbocycles. The summed E-state index contributed by atoms with van der Waals surface area (Å²) < 4.78 is 0. The fourth-order valence-corrected chi connectivity index (χ4v) is 0.797. The summed E-state index contributed by atoms with van der Waals surface area (Å²) in [6.45, 7) is 1.78. The molecule has 0 heterocycles. The number of hydrogen-bond donors (Lipinski definition) is 0. The van der Waals surface area contributed by atoms with Crippen LogP contribution in [0.2, 0.25) is 0 Å². The van der Waals surface area contributed by atoms with Gasteiger partial charge in [0.05, 0.1) is 15.7 Å². The van der Waals surface area contributed by atoms with Gasteiger partial charge in [0.2, 0.25) is 0 Å². The minimum atomic E-state index is -0.707. The molecule has 0 atom stereocenters. The van der Waals surface area contributed by atoms with Crippen molar-refractivity contribution >= 4 is 15.7 Å². The maximum atomic E-state index is 5.63. The van der Waals surface area contributed by atoms with Gasteiger partial charge in [-0.2, -0.15) is 0 Å². The van der Waals surface area contributed by atoms with E-state index in [-0.39, 0.29) is 0 Å². The van der Waals surface area contributed by atoms with Crippen LogP contribution in [0.15, 0.2) is 30.3 Å². The lowest BCUT2D eigenvalue weighted by atomic mass is 9.52. The van der Waals surface area contributed by atoms with Crippen molar-refractivity contribution in [2.24, 2.45) is 0 Å². The quantitative estimate of drug-likeness (QED) is 0.495. The van der Waals surface area contributed by atoms with Crippen LogP contribution in [0.25, 0.3) is 0 Å². The van der Waals surface area contributed by atoms with Crippen LogP contribution in [0.3, 0.4) is 0 Å². The standard InChI is InChI=1S/C8H8B2/c1-8(9,10)7-5-3-2-4-6-7/h2-6H,1H3. The molecule has 2 heteroatoms. The molecule has 10 heavy (non-hydrogen) atoms. The molecule has 0 spiro atoms. The molecule has 0 bridgehead atoms. The Morgan fingerprint density at radius 3 is 1.90 bits per heavy atom. The zero-order valence-corrected chi connectivity index (χ0v) is 6.04. The first-order valence-corrected chi connectivity index (χ1v) is 3.24. The van der Waals surface area contributed by atoms with Crippen molar-refractivity contribution in [2.45, 2.75) is 12.1 Å². The third-order valence-electron chi connectivity index (χ3n) is 1.40. The van der Waals surface area contributed by atoms with Crippen molar-refractivity contribution < 1.29 is 0 Å². The van der Waals surface area contributed by atoms with Crippen LogP contribution in [0, 0.1) is 0 Å². The summed E-state index contributed by atoms with van der Waals surface area (Å²) >= 11 is 0. The first kappa shape index (κ1) is 7.46.